The molecule has 3 heterocycles. The summed E-state index contributed by atoms with van der Waals surface area (Å²) in [5.74, 6) is 0.997. The summed E-state index contributed by atoms with van der Waals surface area (Å²) in [6, 6.07) is 0.953. The molecule has 1 aromatic rings. The van der Waals surface area contributed by atoms with Crippen LogP contribution in [0.4, 0.5) is 0 Å². The molecule has 6 heteroatoms. The largest absolute Gasteiger partial charge is 0.395 e. The van der Waals surface area contributed by atoms with Gasteiger partial charge in [-0.2, -0.15) is 0 Å². The molecule has 2 aliphatic rings. The maximum Gasteiger partial charge on any atom is 0.144 e. The molecule has 2 aliphatic heterocycles. The van der Waals surface area contributed by atoms with Crippen molar-refractivity contribution in [1.29, 1.82) is 0 Å². The Kier molecular flexibility index (Phi) is 4.59. The van der Waals surface area contributed by atoms with E-state index in [2.05, 4.69) is 28.9 Å². The number of likely N-dealkylation sites (N-methyl/N-ethyl adjacent to an activating group) is 1. The Labute approximate surface area is 125 Å². The second-order valence-corrected chi connectivity index (χ2v) is 6.10. The molecule has 0 unspecified atom stereocenters. The monoisotopic (exact) mass is 295 g/mol. The van der Waals surface area contributed by atoms with Gasteiger partial charge in [-0.25, -0.2) is 0 Å². The van der Waals surface area contributed by atoms with Gasteiger partial charge in [-0.3, -0.25) is 9.80 Å². The lowest BCUT2D eigenvalue weighted by molar-refractivity contribution is 0.102. The minimum atomic E-state index is 0.216. The van der Waals surface area contributed by atoms with Crippen LogP contribution in [-0.2, 0) is 24.3 Å². The highest BCUT2D eigenvalue weighted by Crippen LogP contribution is 2.27. The van der Waals surface area contributed by atoms with E-state index in [1.54, 1.807) is 0 Å². The van der Waals surface area contributed by atoms with Crippen LogP contribution in [0.1, 0.15) is 30.4 Å². The summed E-state index contributed by atoms with van der Waals surface area (Å²) < 4.78 is 11.0. The Morgan fingerprint density at radius 3 is 3.14 bits per heavy atom. The van der Waals surface area contributed by atoms with Gasteiger partial charge < -0.3 is 14.4 Å². The number of aliphatic hydroxyl groups is 1. The van der Waals surface area contributed by atoms with Crippen molar-refractivity contribution >= 4 is 0 Å². The number of aliphatic hydroxyl groups excluding tert-OH is 1. The van der Waals surface area contributed by atoms with E-state index >= 15 is 0 Å². The van der Waals surface area contributed by atoms with Gasteiger partial charge in [-0.05, 0) is 20.4 Å². The van der Waals surface area contributed by atoms with E-state index in [1.807, 2.05) is 0 Å². The van der Waals surface area contributed by atoms with Gasteiger partial charge in [0.05, 0.1) is 19.8 Å². The van der Waals surface area contributed by atoms with Crippen LogP contribution < -0.4 is 0 Å². The van der Waals surface area contributed by atoms with Gasteiger partial charge in [0.2, 0.25) is 0 Å². The lowest BCUT2D eigenvalue weighted by atomic mass is 10.1. The molecule has 118 valence electrons. The van der Waals surface area contributed by atoms with Gasteiger partial charge in [0.25, 0.3) is 0 Å². The van der Waals surface area contributed by atoms with Crippen molar-refractivity contribution in [3.8, 4) is 0 Å². The van der Waals surface area contributed by atoms with Crippen LogP contribution in [0.5, 0.6) is 0 Å². The van der Waals surface area contributed by atoms with E-state index in [-0.39, 0.29) is 6.61 Å². The van der Waals surface area contributed by atoms with Gasteiger partial charge >= 0.3 is 0 Å². The summed E-state index contributed by atoms with van der Waals surface area (Å²) in [5, 5.41) is 13.3. The second-order valence-electron chi connectivity index (χ2n) is 6.10. The summed E-state index contributed by atoms with van der Waals surface area (Å²) in [6.07, 6.45) is 1.97. The van der Waals surface area contributed by atoms with Gasteiger partial charge in [-0.15, -0.1) is 0 Å². The number of likely N-dealkylation sites (tertiary alicyclic amines) is 1. The molecule has 0 radical (unpaired) electrons. The summed E-state index contributed by atoms with van der Waals surface area (Å²) in [5.41, 5.74) is 2.18. The number of aromatic nitrogens is 1. The average molecular weight is 295 g/mol. The molecule has 0 aliphatic carbocycles. The van der Waals surface area contributed by atoms with Crippen molar-refractivity contribution in [1.82, 2.24) is 15.0 Å². The molecular weight excluding hydrogens is 270 g/mol. The Morgan fingerprint density at radius 2 is 2.33 bits per heavy atom. The van der Waals surface area contributed by atoms with Gasteiger partial charge in [0, 0.05) is 43.7 Å². The predicted octanol–water partition coefficient (Wildman–Crippen LogP) is 0.634. The predicted molar refractivity (Wildman–Crippen MR) is 77.9 cm³/mol. The molecule has 21 heavy (non-hydrogen) atoms. The van der Waals surface area contributed by atoms with E-state index in [9.17, 15) is 0 Å². The van der Waals surface area contributed by atoms with Crippen LogP contribution in [0.15, 0.2) is 4.52 Å². The number of nitrogens with zero attached hydrogens (tertiary/aromatic N) is 3. The molecule has 1 aromatic heterocycles. The molecule has 0 bridgehead atoms. The first-order chi connectivity index (χ1) is 10.2. The molecule has 0 aromatic carbocycles. The highest BCUT2D eigenvalue weighted by atomic mass is 16.5. The fourth-order valence-corrected chi connectivity index (χ4v) is 3.52. The van der Waals surface area contributed by atoms with Crippen LogP contribution in [0, 0.1) is 0 Å². The minimum absolute atomic E-state index is 0.216. The van der Waals surface area contributed by atoms with Crippen molar-refractivity contribution < 1.29 is 14.4 Å². The van der Waals surface area contributed by atoms with E-state index in [4.69, 9.17) is 14.4 Å². The molecule has 6 nitrogen and oxygen atoms in total. The fraction of sp³-hybridized carbons (Fsp3) is 0.800. The third-order valence-corrected chi connectivity index (χ3v) is 4.89. The number of ether oxygens (including phenoxy) is 1. The van der Waals surface area contributed by atoms with E-state index in [0.717, 1.165) is 56.1 Å². The standard InChI is InChI=1S/C15H25N3O3/c1-11-14(17(2)6-7-19)3-5-18(11)9-13-12-10-20-8-4-15(12)21-16-13/h11,14,19H,3-10H2,1-2H3/t11-,14-/m1/s1. The van der Waals surface area contributed by atoms with Crippen LogP contribution in [0.2, 0.25) is 0 Å². The van der Waals surface area contributed by atoms with E-state index in [0.29, 0.717) is 18.7 Å². The highest BCUT2D eigenvalue weighted by Gasteiger charge is 2.34. The molecule has 0 saturated carbocycles. The first kappa shape index (κ1) is 15.0. The third-order valence-electron chi connectivity index (χ3n) is 4.89. The molecule has 2 atom stereocenters. The van der Waals surface area contributed by atoms with Crippen molar-refractivity contribution in [2.24, 2.45) is 0 Å². The minimum Gasteiger partial charge on any atom is -0.395 e. The maximum absolute atomic E-state index is 9.10. The maximum atomic E-state index is 9.10. The van der Waals surface area contributed by atoms with Crippen molar-refractivity contribution in [3.05, 3.63) is 17.0 Å². The number of hydrogen-bond acceptors (Lipinski definition) is 6. The highest BCUT2D eigenvalue weighted by molar-refractivity contribution is 5.24. The van der Waals surface area contributed by atoms with Gasteiger partial charge in [0.15, 0.2) is 0 Å². The molecule has 0 amide bonds. The van der Waals surface area contributed by atoms with Crippen LogP contribution in [0.25, 0.3) is 0 Å². The number of rotatable bonds is 5. The second kappa shape index (κ2) is 6.44. The van der Waals surface area contributed by atoms with Crippen molar-refractivity contribution in [2.75, 3.05) is 33.4 Å². The lowest BCUT2D eigenvalue weighted by Crippen LogP contribution is -2.42. The number of fused-ring (bicyclic) bond motifs is 1. The molecule has 3 rings (SSSR count). The molecule has 1 fully saturated rings. The Hall–Kier alpha value is -0.950. The molecular formula is C15H25N3O3. The third kappa shape index (κ3) is 2.99. The SMILES string of the molecule is C[C@@H]1[C@H](N(C)CCO)CCN1Cc1noc2c1COCC2. The Bertz CT molecular complexity index is 477. The van der Waals surface area contributed by atoms with Crippen LogP contribution in [-0.4, -0.2) is 65.5 Å². The van der Waals surface area contributed by atoms with Gasteiger partial charge in [0.1, 0.15) is 11.5 Å². The Morgan fingerprint density at radius 1 is 1.48 bits per heavy atom. The molecule has 0 spiro atoms. The smallest absolute Gasteiger partial charge is 0.144 e. The molecule has 1 saturated heterocycles. The first-order valence-corrected chi connectivity index (χ1v) is 7.80. The van der Waals surface area contributed by atoms with Gasteiger partial charge in [-0.1, -0.05) is 5.16 Å². The Balaban J connectivity index is 1.65. The number of hydrogen-bond donors (Lipinski definition) is 1. The fourth-order valence-electron chi connectivity index (χ4n) is 3.52. The quantitative estimate of drug-likeness (QED) is 0.860. The zero-order valence-corrected chi connectivity index (χ0v) is 12.9. The topological polar surface area (TPSA) is 62.0 Å². The van der Waals surface area contributed by atoms with Crippen molar-refractivity contribution in [3.63, 3.8) is 0 Å². The van der Waals surface area contributed by atoms with Crippen LogP contribution >= 0.6 is 0 Å². The zero-order valence-electron chi connectivity index (χ0n) is 12.9. The summed E-state index contributed by atoms with van der Waals surface area (Å²) in [4.78, 5) is 4.71. The van der Waals surface area contributed by atoms with E-state index < -0.39 is 0 Å². The summed E-state index contributed by atoms with van der Waals surface area (Å²) in [6.45, 7) is 6.45. The zero-order chi connectivity index (χ0) is 14.8. The lowest BCUT2D eigenvalue weighted by Gasteiger charge is -2.30. The first-order valence-electron chi connectivity index (χ1n) is 7.80. The normalized spacial score (nSPS) is 26.5. The average Bonchev–Trinajstić information content (AvgIpc) is 3.05. The summed E-state index contributed by atoms with van der Waals surface area (Å²) in [7, 11) is 2.09. The molecule has 1 N–H and O–H groups in total. The van der Waals surface area contributed by atoms with Crippen LogP contribution in [0.3, 0.4) is 0 Å². The van der Waals surface area contributed by atoms with E-state index in [1.165, 1.54) is 0 Å². The van der Waals surface area contributed by atoms with Crippen molar-refractivity contribution in [2.45, 2.75) is 45.0 Å². The summed E-state index contributed by atoms with van der Waals surface area (Å²) >= 11 is 0.